The number of carbonyl (C=O) groups is 1. The summed E-state index contributed by atoms with van der Waals surface area (Å²) in [7, 11) is 0. The summed E-state index contributed by atoms with van der Waals surface area (Å²) in [4.78, 5) is 33.2. The number of carbonyl (C=O) groups excluding carboxylic acids is 1. The molecule has 9 heteroatoms. The molecule has 4 aromatic rings. The molecule has 186 valence electrons. The second-order valence-corrected chi connectivity index (χ2v) is 9.71. The Labute approximate surface area is 217 Å². The lowest BCUT2D eigenvalue weighted by Crippen LogP contribution is -2.29. The molecular formula is C27H25ClN2O5S. The van der Waals surface area contributed by atoms with Gasteiger partial charge in [-0.25, -0.2) is 4.98 Å². The van der Waals surface area contributed by atoms with Gasteiger partial charge in [-0.15, -0.1) is 11.3 Å². The molecule has 7 nitrogen and oxygen atoms in total. The highest BCUT2D eigenvalue weighted by Crippen LogP contribution is 2.44. The van der Waals surface area contributed by atoms with Gasteiger partial charge in [-0.2, -0.15) is 0 Å². The van der Waals surface area contributed by atoms with E-state index in [9.17, 15) is 9.59 Å². The summed E-state index contributed by atoms with van der Waals surface area (Å²) in [5.74, 6) is 0.767. The first-order chi connectivity index (χ1) is 17.5. The molecule has 1 unspecified atom stereocenters. The number of unbranched alkanes of at least 4 members (excludes halogenated alkanes) is 2. The number of benzene rings is 2. The Kier molecular flexibility index (Phi) is 6.98. The van der Waals surface area contributed by atoms with E-state index >= 15 is 0 Å². The van der Waals surface area contributed by atoms with Crippen LogP contribution in [0.4, 0.5) is 5.13 Å². The van der Waals surface area contributed by atoms with Gasteiger partial charge in [0.2, 0.25) is 5.76 Å². The summed E-state index contributed by atoms with van der Waals surface area (Å²) in [6, 6.07) is 9.56. The van der Waals surface area contributed by atoms with Crippen molar-refractivity contribution in [1.82, 2.24) is 4.98 Å². The van der Waals surface area contributed by atoms with Gasteiger partial charge in [0.1, 0.15) is 5.58 Å². The van der Waals surface area contributed by atoms with Crippen molar-refractivity contribution in [2.75, 3.05) is 18.1 Å². The zero-order valence-electron chi connectivity index (χ0n) is 20.0. The second-order valence-electron chi connectivity index (χ2n) is 8.40. The Bertz CT molecular complexity index is 1470. The van der Waals surface area contributed by atoms with Crippen molar-refractivity contribution in [3.63, 3.8) is 0 Å². The number of ether oxygens (including phenoxy) is 2. The van der Waals surface area contributed by atoms with Gasteiger partial charge in [0, 0.05) is 16.6 Å². The Morgan fingerprint density at radius 2 is 1.94 bits per heavy atom. The summed E-state index contributed by atoms with van der Waals surface area (Å²) < 4.78 is 17.9. The Hall–Kier alpha value is -3.36. The van der Waals surface area contributed by atoms with Crippen molar-refractivity contribution in [3.05, 3.63) is 80.1 Å². The highest BCUT2D eigenvalue weighted by molar-refractivity contribution is 7.13. The molecule has 2 aromatic carbocycles. The zero-order chi connectivity index (χ0) is 25.2. The lowest BCUT2D eigenvalue weighted by Gasteiger charge is -2.23. The van der Waals surface area contributed by atoms with Crippen molar-refractivity contribution in [2.45, 2.75) is 39.2 Å². The maximum atomic E-state index is 13.7. The minimum atomic E-state index is -0.744. The minimum absolute atomic E-state index is 0.00729. The van der Waals surface area contributed by atoms with Crippen LogP contribution in [0.5, 0.6) is 11.5 Å². The Morgan fingerprint density at radius 3 is 2.69 bits per heavy atom. The normalized spacial score (nSPS) is 14.9. The van der Waals surface area contributed by atoms with Crippen LogP contribution in [0.1, 0.15) is 60.8 Å². The van der Waals surface area contributed by atoms with E-state index in [4.69, 9.17) is 25.5 Å². The molecule has 0 aliphatic carbocycles. The third-order valence-corrected chi connectivity index (χ3v) is 7.05. The molecule has 1 atom stereocenters. The summed E-state index contributed by atoms with van der Waals surface area (Å²) in [6.45, 7) is 5.06. The molecule has 0 radical (unpaired) electrons. The van der Waals surface area contributed by atoms with E-state index in [0.29, 0.717) is 51.4 Å². The predicted molar refractivity (Wildman–Crippen MR) is 141 cm³/mol. The number of hydrogen-bond donors (Lipinski definition) is 0. The Balaban J connectivity index is 1.66. The summed E-state index contributed by atoms with van der Waals surface area (Å²) in [6.07, 6.45) is 4.75. The lowest BCUT2D eigenvalue weighted by atomic mass is 9.98. The van der Waals surface area contributed by atoms with Crippen molar-refractivity contribution < 1.29 is 18.7 Å². The molecule has 0 bridgehead atoms. The average Bonchev–Trinajstić information content (AvgIpc) is 3.50. The first-order valence-corrected chi connectivity index (χ1v) is 13.2. The van der Waals surface area contributed by atoms with Crippen LogP contribution in [0.25, 0.3) is 11.0 Å². The molecule has 36 heavy (non-hydrogen) atoms. The smallest absolute Gasteiger partial charge is 0.297 e. The number of thiazole rings is 1. The summed E-state index contributed by atoms with van der Waals surface area (Å²) in [5.41, 5.74) is 0.949. The third-order valence-electron chi connectivity index (χ3n) is 6.05. The maximum absolute atomic E-state index is 13.7. The van der Waals surface area contributed by atoms with Crippen LogP contribution in [0.2, 0.25) is 5.02 Å². The van der Waals surface area contributed by atoms with Gasteiger partial charge in [-0.05, 0) is 49.2 Å². The fourth-order valence-corrected chi connectivity index (χ4v) is 5.25. The molecule has 5 rings (SSSR count). The summed E-state index contributed by atoms with van der Waals surface area (Å²) in [5, 5.41) is 2.99. The van der Waals surface area contributed by atoms with Crippen LogP contribution in [0, 0.1) is 0 Å². The molecule has 1 aliphatic heterocycles. The molecule has 0 N–H and O–H groups in total. The highest BCUT2D eigenvalue weighted by Gasteiger charge is 2.45. The SMILES string of the molecule is CCCCCOc1ccc(C2c3c(oc4ccc(Cl)cc4c3=O)C(=O)N2c2nccs2)cc1OCC. The number of fused-ring (bicyclic) bond motifs is 2. The molecule has 2 aromatic heterocycles. The van der Waals surface area contributed by atoms with E-state index < -0.39 is 11.9 Å². The van der Waals surface area contributed by atoms with Crippen LogP contribution in [-0.2, 0) is 0 Å². The van der Waals surface area contributed by atoms with E-state index in [1.165, 1.54) is 16.2 Å². The van der Waals surface area contributed by atoms with E-state index in [-0.39, 0.29) is 16.8 Å². The van der Waals surface area contributed by atoms with Gasteiger partial charge in [-0.1, -0.05) is 37.4 Å². The van der Waals surface area contributed by atoms with Crippen LogP contribution in [0.15, 0.2) is 57.2 Å². The predicted octanol–water partition coefficient (Wildman–Crippen LogP) is 6.62. The minimum Gasteiger partial charge on any atom is -0.490 e. The first-order valence-electron chi connectivity index (χ1n) is 11.9. The molecule has 0 spiro atoms. The number of nitrogens with zero attached hydrogens (tertiary/aromatic N) is 2. The maximum Gasteiger partial charge on any atom is 0.297 e. The number of hydrogen-bond acceptors (Lipinski definition) is 7. The van der Waals surface area contributed by atoms with Crippen molar-refractivity contribution in [3.8, 4) is 11.5 Å². The topological polar surface area (TPSA) is 81.9 Å². The van der Waals surface area contributed by atoms with E-state index in [1.54, 1.807) is 29.8 Å². The number of anilines is 1. The first kappa shape index (κ1) is 24.3. The molecule has 0 saturated carbocycles. The highest BCUT2D eigenvalue weighted by atomic mass is 35.5. The summed E-state index contributed by atoms with van der Waals surface area (Å²) >= 11 is 7.48. The fourth-order valence-electron chi connectivity index (χ4n) is 4.41. The van der Waals surface area contributed by atoms with Crippen LogP contribution < -0.4 is 19.8 Å². The van der Waals surface area contributed by atoms with Gasteiger partial charge in [0.05, 0.1) is 30.2 Å². The third kappa shape index (κ3) is 4.35. The Morgan fingerprint density at radius 1 is 1.08 bits per heavy atom. The van der Waals surface area contributed by atoms with Crippen LogP contribution >= 0.6 is 22.9 Å². The van der Waals surface area contributed by atoms with Gasteiger partial charge < -0.3 is 13.9 Å². The molecule has 3 heterocycles. The average molecular weight is 525 g/mol. The van der Waals surface area contributed by atoms with Crippen molar-refractivity contribution in [1.29, 1.82) is 0 Å². The van der Waals surface area contributed by atoms with Crippen LogP contribution in [0.3, 0.4) is 0 Å². The standard InChI is InChI=1S/C27H25ClN2O5S/c1-3-5-6-12-34-20-9-7-16(14-21(20)33-4-2)23-22-24(31)18-15-17(28)8-10-19(18)35-25(22)26(32)30(23)27-29-11-13-36-27/h7-11,13-15,23H,3-6,12H2,1-2H3. The van der Waals surface area contributed by atoms with Gasteiger partial charge in [-0.3, -0.25) is 14.5 Å². The molecule has 0 saturated heterocycles. The number of halogens is 1. The van der Waals surface area contributed by atoms with Crippen LogP contribution in [-0.4, -0.2) is 24.1 Å². The zero-order valence-corrected chi connectivity index (χ0v) is 21.5. The van der Waals surface area contributed by atoms with Gasteiger partial charge >= 0.3 is 0 Å². The van der Waals surface area contributed by atoms with Gasteiger partial charge in [0.15, 0.2) is 22.1 Å². The number of aromatic nitrogens is 1. The monoisotopic (exact) mass is 524 g/mol. The van der Waals surface area contributed by atoms with Gasteiger partial charge in [0.25, 0.3) is 5.91 Å². The largest absolute Gasteiger partial charge is 0.490 e. The number of amides is 1. The van der Waals surface area contributed by atoms with Crippen molar-refractivity contribution >= 4 is 44.9 Å². The molecular weight excluding hydrogens is 500 g/mol. The second kappa shape index (κ2) is 10.3. The molecule has 1 amide bonds. The molecule has 0 fully saturated rings. The van der Waals surface area contributed by atoms with E-state index in [1.807, 2.05) is 25.1 Å². The van der Waals surface area contributed by atoms with E-state index in [2.05, 4.69) is 11.9 Å². The van der Waals surface area contributed by atoms with E-state index in [0.717, 1.165) is 19.3 Å². The number of rotatable bonds is 9. The lowest BCUT2D eigenvalue weighted by molar-refractivity contribution is 0.0971. The van der Waals surface area contributed by atoms with Crippen molar-refractivity contribution in [2.24, 2.45) is 0 Å². The molecule has 1 aliphatic rings. The fraction of sp³-hybridized carbons (Fsp3) is 0.296. The quantitative estimate of drug-likeness (QED) is 0.229.